The van der Waals surface area contributed by atoms with Crippen LogP contribution in [0.15, 0.2) is 72.8 Å². The number of carboxylic acid groups (broad SMARTS) is 1. The van der Waals surface area contributed by atoms with E-state index in [-0.39, 0.29) is 0 Å². The van der Waals surface area contributed by atoms with Crippen molar-refractivity contribution in [2.45, 2.75) is 12.1 Å². The van der Waals surface area contributed by atoms with Crippen molar-refractivity contribution in [1.82, 2.24) is 4.98 Å². The molecule has 0 spiro atoms. The van der Waals surface area contributed by atoms with Crippen LogP contribution in [0.2, 0.25) is 5.02 Å². The number of nitrogens with one attached hydrogen (secondary N) is 1. The molecular weight excluding hydrogens is 462 g/mol. The van der Waals surface area contributed by atoms with Crippen molar-refractivity contribution in [1.29, 1.82) is 0 Å². The lowest BCUT2D eigenvalue weighted by atomic mass is 9.99. The van der Waals surface area contributed by atoms with Crippen molar-refractivity contribution in [2.75, 3.05) is 5.32 Å². The van der Waals surface area contributed by atoms with Crippen molar-refractivity contribution in [3.63, 3.8) is 0 Å². The van der Waals surface area contributed by atoms with E-state index in [1.165, 1.54) is 6.07 Å². The zero-order chi connectivity index (χ0) is 24.2. The third kappa shape index (κ3) is 5.22. The van der Waals surface area contributed by atoms with Crippen LogP contribution in [0.4, 0.5) is 14.5 Å². The van der Waals surface area contributed by atoms with Crippen molar-refractivity contribution in [3.05, 3.63) is 106 Å². The Bertz CT molecular complexity index is 1370. The molecule has 3 N–H and O–H groups in total. The number of hydrogen-bond acceptors (Lipinski definition) is 4. The first kappa shape index (κ1) is 23.4. The predicted octanol–water partition coefficient (Wildman–Crippen LogP) is 5.94. The van der Waals surface area contributed by atoms with Gasteiger partial charge in [-0.25, -0.2) is 18.6 Å². The summed E-state index contributed by atoms with van der Waals surface area (Å²) in [4.78, 5) is 16.0. The molecule has 2 atom stereocenters. The molecular formula is C26H19ClF2N2O3. The minimum atomic E-state index is -2.08. The van der Waals surface area contributed by atoms with Crippen LogP contribution in [0.25, 0.3) is 23.1 Å². The fourth-order valence-electron chi connectivity index (χ4n) is 3.55. The van der Waals surface area contributed by atoms with E-state index in [0.717, 1.165) is 28.6 Å². The molecule has 0 bridgehead atoms. The molecule has 0 aliphatic rings. The fraction of sp³-hybridized carbons (Fsp3) is 0.0769. The maximum Gasteiger partial charge on any atom is 0.335 e. The van der Waals surface area contributed by atoms with E-state index in [1.54, 1.807) is 48.6 Å². The van der Waals surface area contributed by atoms with E-state index in [0.29, 0.717) is 16.4 Å². The molecule has 8 heteroatoms. The number of rotatable bonds is 7. The summed E-state index contributed by atoms with van der Waals surface area (Å²) in [5.41, 5.74) is 1.98. The Kier molecular flexibility index (Phi) is 6.86. The second kappa shape index (κ2) is 9.99. The molecule has 1 aromatic heterocycles. The van der Waals surface area contributed by atoms with Crippen molar-refractivity contribution >= 4 is 46.3 Å². The highest BCUT2D eigenvalue weighted by atomic mass is 35.5. The average molecular weight is 481 g/mol. The second-order valence-electron chi connectivity index (χ2n) is 7.57. The molecule has 0 fully saturated rings. The number of benzene rings is 3. The number of carbonyl (C=O) groups is 1. The van der Waals surface area contributed by atoms with Gasteiger partial charge in [-0.15, -0.1) is 0 Å². The molecule has 0 saturated heterocycles. The highest BCUT2D eigenvalue weighted by Crippen LogP contribution is 2.28. The maximum absolute atomic E-state index is 14.3. The normalized spacial score (nSPS) is 13.2. The second-order valence-corrected chi connectivity index (χ2v) is 8.01. The molecule has 4 rings (SSSR count). The van der Waals surface area contributed by atoms with E-state index in [9.17, 15) is 23.8 Å². The number of fused-ring (bicyclic) bond motifs is 1. The van der Waals surface area contributed by atoms with Crippen molar-refractivity contribution < 1.29 is 23.8 Å². The molecule has 0 aliphatic heterocycles. The molecule has 0 amide bonds. The average Bonchev–Trinajstić information content (AvgIpc) is 2.81. The highest BCUT2D eigenvalue weighted by molar-refractivity contribution is 6.31. The van der Waals surface area contributed by atoms with Crippen LogP contribution < -0.4 is 5.32 Å². The van der Waals surface area contributed by atoms with E-state index in [1.807, 2.05) is 18.2 Å². The summed E-state index contributed by atoms with van der Waals surface area (Å²) in [6.07, 6.45) is 1.50. The topological polar surface area (TPSA) is 82.5 Å². The summed E-state index contributed by atoms with van der Waals surface area (Å²) in [6, 6.07) is 17.6. The van der Waals surface area contributed by atoms with Gasteiger partial charge in [-0.2, -0.15) is 0 Å². The number of aliphatic hydroxyl groups is 1. The summed E-state index contributed by atoms with van der Waals surface area (Å²) in [5.74, 6) is -3.54. The number of hydrogen-bond donors (Lipinski definition) is 3. The number of anilines is 1. The van der Waals surface area contributed by atoms with Gasteiger partial charge < -0.3 is 15.5 Å². The van der Waals surface area contributed by atoms with E-state index in [4.69, 9.17) is 11.6 Å². The number of pyridine rings is 1. The van der Waals surface area contributed by atoms with Gasteiger partial charge in [-0.1, -0.05) is 48.0 Å². The fourth-order valence-corrected chi connectivity index (χ4v) is 3.72. The Hall–Kier alpha value is -3.81. The Morgan fingerprint density at radius 3 is 2.41 bits per heavy atom. The van der Waals surface area contributed by atoms with E-state index in [2.05, 4.69) is 10.3 Å². The standard InChI is InChI=1S/C26H19ClF2N2O3/c27-17-10-8-16-9-12-18(30-22(16)14-17)11-7-15-3-1-4-19(13-15)31-24(25(32)26(33)34)23-20(28)5-2-6-21(23)29/h1-14,24-25,31-32H,(H,33,34)/b11-7+. The summed E-state index contributed by atoms with van der Waals surface area (Å²) >= 11 is 6.04. The van der Waals surface area contributed by atoms with Crippen LogP contribution in [0.5, 0.6) is 0 Å². The minimum Gasteiger partial charge on any atom is -0.479 e. The molecule has 34 heavy (non-hydrogen) atoms. The number of aliphatic carboxylic acids is 1. The molecule has 1 heterocycles. The van der Waals surface area contributed by atoms with Gasteiger partial charge in [0.05, 0.1) is 17.3 Å². The lowest BCUT2D eigenvalue weighted by molar-refractivity contribution is -0.147. The quantitative estimate of drug-likeness (QED) is 0.305. The van der Waals surface area contributed by atoms with Gasteiger partial charge in [0.1, 0.15) is 11.6 Å². The van der Waals surface area contributed by atoms with Gasteiger partial charge in [-0.05, 0) is 54.1 Å². The Balaban J connectivity index is 1.61. The van der Waals surface area contributed by atoms with Crippen LogP contribution in [0, 0.1) is 11.6 Å². The Morgan fingerprint density at radius 1 is 0.971 bits per heavy atom. The number of carboxylic acids is 1. The molecule has 5 nitrogen and oxygen atoms in total. The van der Waals surface area contributed by atoms with Crippen LogP contribution in [0.1, 0.15) is 22.9 Å². The van der Waals surface area contributed by atoms with Crippen LogP contribution in [0.3, 0.4) is 0 Å². The monoisotopic (exact) mass is 480 g/mol. The van der Waals surface area contributed by atoms with Crippen LogP contribution >= 0.6 is 11.6 Å². The van der Waals surface area contributed by atoms with Crippen LogP contribution in [-0.2, 0) is 4.79 Å². The first-order chi connectivity index (χ1) is 16.3. The van der Waals surface area contributed by atoms with Gasteiger partial charge in [0.2, 0.25) is 0 Å². The van der Waals surface area contributed by atoms with E-state index < -0.39 is 35.3 Å². The summed E-state index contributed by atoms with van der Waals surface area (Å²) < 4.78 is 28.7. The first-order valence-corrected chi connectivity index (χ1v) is 10.7. The zero-order valence-corrected chi connectivity index (χ0v) is 18.4. The Morgan fingerprint density at radius 2 is 1.68 bits per heavy atom. The molecule has 4 aromatic rings. The van der Waals surface area contributed by atoms with E-state index >= 15 is 0 Å². The third-order valence-electron chi connectivity index (χ3n) is 5.21. The number of aromatic nitrogens is 1. The Labute approximate surface area is 199 Å². The number of aliphatic hydroxyl groups excluding tert-OH is 1. The maximum atomic E-state index is 14.3. The molecule has 0 saturated carbocycles. The minimum absolute atomic E-state index is 0.369. The lowest BCUT2D eigenvalue weighted by Crippen LogP contribution is -2.34. The number of halogens is 3. The zero-order valence-electron chi connectivity index (χ0n) is 17.6. The van der Waals surface area contributed by atoms with Gasteiger partial charge in [0.15, 0.2) is 6.10 Å². The van der Waals surface area contributed by atoms with Gasteiger partial charge in [0, 0.05) is 21.7 Å². The van der Waals surface area contributed by atoms with Gasteiger partial charge >= 0.3 is 5.97 Å². The first-order valence-electron chi connectivity index (χ1n) is 10.3. The summed E-state index contributed by atoms with van der Waals surface area (Å²) in [5, 5.41) is 23.7. The molecule has 0 radical (unpaired) electrons. The number of nitrogens with zero attached hydrogens (tertiary/aromatic N) is 1. The molecule has 172 valence electrons. The third-order valence-corrected chi connectivity index (χ3v) is 5.45. The van der Waals surface area contributed by atoms with Crippen molar-refractivity contribution in [2.24, 2.45) is 0 Å². The SMILES string of the molecule is O=C(O)C(O)C(Nc1cccc(/C=C/c2ccc3ccc(Cl)cc3n2)c1)c1c(F)cccc1F. The molecule has 0 aliphatic carbocycles. The van der Waals surface area contributed by atoms with Gasteiger partial charge in [0.25, 0.3) is 0 Å². The van der Waals surface area contributed by atoms with Crippen molar-refractivity contribution in [3.8, 4) is 0 Å². The summed E-state index contributed by atoms with van der Waals surface area (Å²) in [6.45, 7) is 0. The van der Waals surface area contributed by atoms with Gasteiger partial charge in [-0.3, -0.25) is 0 Å². The van der Waals surface area contributed by atoms with Crippen LogP contribution in [-0.4, -0.2) is 27.3 Å². The smallest absolute Gasteiger partial charge is 0.335 e. The molecule has 3 aromatic carbocycles. The highest BCUT2D eigenvalue weighted by Gasteiger charge is 2.31. The molecule has 2 unspecified atom stereocenters. The largest absolute Gasteiger partial charge is 0.479 e. The predicted molar refractivity (Wildman–Crippen MR) is 128 cm³/mol. The lowest BCUT2D eigenvalue weighted by Gasteiger charge is -2.24. The summed E-state index contributed by atoms with van der Waals surface area (Å²) in [7, 11) is 0.